The van der Waals surface area contributed by atoms with Crippen LogP contribution in [-0.2, 0) is 6.42 Å². The second-order valence-electron chi connectivity index (χ2n) is 5.70. The van der Waals surface area contributed by atoms with Gasteiger partial charge in [-0.15, -0.1) is 0 Å². The summed E-state index contributed by atoms with van der Waals surface area (Å²) in [5.41, 5.74) is 10.9. The molecule has 4 rings (SSSR count). The number of halogens is 1. The highest BCUT2D eigenvalue weighted by molar-refractivity contribution is 5.97. The molecule has 0 fully saturated rings. The average molecular weight is 277 g/mol. The summed E-state index contributed by atoms with van der Waals surface area (Å²) in [6, 6.07) is 17.7. The number of benzene rings is 3. The molecule has 104 valence electrons. The monoisotopic (exact) mass is 277 g/mol. The molecule has 3 aromatic rings. The molecule has 0 amide bonds. The first-order chi connectivity index (χ1) is 10.2. The van der Waals surface area contributed by atoms with Crippen molar-refractivity contribution in [3.8, 4) is 11.1 Å². The van der Waals surface area contributed by atoms with Crippen molar-refractivity contribution < 1.29 is 4.39 Å². The van der Waals surface area contributed by atoms with Gasteiger partial charge in [0.2, 0.25) is 0 Å². The Morgan fingerprint density at radius 1 is 0.952 bits per heavy atom. The van der Waals surface area contributed by atoms with Crippen molar-refractivity contribution in [2.45, 2.75) is 18.9 Å². The van der Waals surface area contributed by atoms with Crippen molar-refractivity contribution in [3.63, 3.8) is 0 Å². The first-order valence-corrected chi connectivity index (χ1v) is 7.30. The quantitative estimate of drug-likeness (QED) is 0.691. The van der Waals surface area contributed by atoms with Gasteiger partial charge in [-0.1, -0.05) is 48.5 Å². The fourth-order valence-corrected chi connectivity index (χ4v) is 3.33. The van der Waals surface area contributed by atoms with Gasteiger partial charge in [0, 0.05) is 11.4 Å². The van der Waals surface area contributed by atoms with E-state index in [1.807, 2.05) is 30.3 Å². The molecule has 2 N–H and O–H groups in total. The van der Waals surface area contributed by atoms with Crippen molar-refractivity contribution in [1.82, 2.24) is 0 Å². The van der Waals surface area contributed by atoms with Gasteiger partial charge in [0.25, 0.3) is 0 Å². The van der Waals surface area contributed by atoms with Crippen LogP contribution >= 0.6 is 0 Å². The largest absolute Gasteiger partial charge is 0.324 e. The summed E-state index contributed by atoms with van der Waals surface area (Å²) in [4.78, 5) is 0. The van der Waals surface area contributed by atoms with E-state index in [4.69, 9.17) is 5.73 Å². The summed E-state index contributed by atoms with van der Waals surface area (Å²) < 4.78 is 13.9. The fraction of sp³-hybridized carbons (Fsp3) is 0.158. The normalized spacial score (nSPS) is 17.1. The Bertz CT molecular complexity index is 838. The van der Waals surface area contributed by atoms with Gasteiger partial charge in [-0.2, -0.15) is 0 Å². The highest BCUT2D eigenvalue weighted by Gasteiger charge is 2.19. The Hall–Kier alpha value is -2.19. The first-order valence-electron chi connectivity index (χ1n) is 7.30. The van der Waals surface area contributed by atoms with Gasteiger partial charge >= 0.3 is 0 Å². The van der Waals surface area contributed by atoms with Crippen molar-refractivity contribution in [1.29, 1.82) is 0 Å². The molecule has 2 heteroatoms. The lowest BCUT2D eigenvalue weighted by molar-refractivity contribution is 0.640. The molecule has 0 bridgehead atoms. The number of hydrogen-bond donors (Lipinski definition) is 1. The van der Waals surface area contributed by atoms with Crippen LogP contribution in [0.2, 0.25) is 0 Å². The molecule has 0 aromatic heterocycles. The Labute approximate surface area is 123 Å². The highest BCUT2D eigenvalue weighted by atomic mass is 19.1. The van der Waals surface area contributed by atoms with Crippen LogP contribution in [0.25, 0.3) is 21.9 Å². The summed E-state index contributed by atoms with van der Waals surface area (Å²) in [6.45, 7) is 0. The molecule has 3 aromatic carbocycles. The Morgan fingerprint density at radius 3 is 2.62 bits per heavy atom. The van der Waals surface area contributed by atoms with Crippen LogP contribution in [0.5, 0.6) is 0 Å². The molecule has 0 aliphatic heterocycles. The molecule has 0 radical (unpaired) electrons. The van der Waals surface area contributed by atoms with E-state index in [1.54, 1.807) is 6.07 Å². The van der Waals surface area contributed by atoms with Gasteiger partial charge in [-0.25, -0.2) is 4.39 Å². The van der Waals surface area contributed by atoms with Crippen LogP contribution in [0.3, 0.4) is 0 Å². The minimum atomic E-state index is -0.169. The molecular formula is C19H16FN. The number of rotatable bonds is 1. The maximum atomic E-state index is 13.9. The van der Waals surface area contributed by atoms with Crippen LogP contribution in [0.4, 0.5) is 4.39 Å². The predicted octanol–water partition coefficient (Wildman–Crippen LogP) is 4.59. The van der Waals surface area contributed by atoms with E-state index in [0.29, 0.717) is 5.39 Å². The smallest absolute Gasteiger partial charge is 0.131 e. The molecule has 0 saturated heterocycles. The maximum absolute atomic E-state index is 13.9. The van der Waals surface area contributed by atoms with Gasteiger partial charge in [-0.05, 0) is 46.5 Å². The standard InChI is InChI=1S/C19H16FN/c20-18-9-8-14(16-3-1-2-4-17(16)18)12-5-7-15-13(11-12)6-10-19(15)21/h1-5,7-9,11,19H,6,10,21H2. The Balaban J connectivity index is 1.94. The minimum absolute atomic E-state index is 0.166. The van der Waals surface area contributed by atoms with E-state index in [-0.39, 0.29) is 11.9 Å². The van der Waals surface area contributed by atoms with Crippen molar-refractivity contribution in [2.24, 2.45) is 5.73 Å². The predicted molar refractivity (Wildman–Crippen MR) is 84.6 cm³/mol. The van der Waals surface area contributed by atoms with Gasteiger partial charge in [-0.3, -0.25) is 0 Å². The van der Waals surface area contributed by atoms with Gasteiger partial charge in [0.15, 0.2) is 0 Å². The lowest BCUT2D eigenvalue weighted by Gasteiger charge is -2.10. The molecular weight excluding hydrogens is 261 g/mol. The van der Waals surface area contributed by atoms with E-state index in [1.165, 1.54) is 11.1 Å². The number of aryl methyl sites for hydroxylation is 1. The van der Waals surface area contributed by atoms with Crippen LogP contribution < -0.4 is 5.73 Å². The first kappa shape index (κ1) is 12.5. The molecule has 1 unspecified atom stereocenters. The topological polar surface area (TPSA) is 26.0 Å². The summed E-state index contributed by atoms with van der Waals surface area (Å²) in [6.07, 6.45) is 2.05. The highest BCUT2D eigenvalue weighted by Crippen LogP contribution is 2.35. The molecule has 21 heavy (non-hydrogen) atoms. The fourth-order valence-electron chi connectivity index (χ4n) is 3.33. The van der Waals surface area contributed by atoms with Crippen molar-refractivity contribution >= 4 is 10.8 Å². The maximum Gasteiger partial charge on any atom is 0.131 e. The zero-order valence-corrected chi connectivity index (χ0v) is 11.6. The number of hydrogen-bond acceptors (Lipinski definition) is 1. The Kier molecular flexibility index (Phi) is 2.79. The summed E-state index contributed by atoms with van der Waals surface area (Å²) in [5, 5.41) is 1.63. The summed E-state index contributed by atoms with van der Waals surface area (Å²) >= 11 is 0. The Morgan fingerprint density at radius 2 is 1.76 bits per heavy atom. The van der Waals surface area contributed by atoms with Crippen LogP contribution in [0, 0.1) is 5.82 Å². The zero-order chi connectivity index (χ0) is 14.4. The third-order valence-corrected chi connectivity index (χ3v) is 4.45. The second kappa shape index (κ2) is 4.68. The van der Waals surface area contributed by atoms with Crippen molar-refractivity contribution in [2.75, 3.05) is 0 Å². The molecule has 1 nitrogen and oxygen atoms in total. The third-order valence-electron chi connectivity index (χ3n) is 4.45. The minimum Gasteiger partial charge on any atom is -0.324 e. The SMILES string of the molecule is NC1CCc2cc(-c3ccc(F)c4ccccc34)ccc21. The number of nitrogens with two attached hydrogens (primary N) is 1. The molecule has 1 aliphatic carbocycles. The zero-order valence-electron chi connectivity index (χ0n) is 11.6. The molecule has 1 atom stereocenters. The lowest BCUT2D eigenvalue weighted by atomic mass is 9.95. The van der Waals surface area contributed by atoms with E-state index in [2.05, 4.69) is 18.2 Å². The average Bonchev–Trinajstić information content (AvgIpc) is 2.89. The third kappa shape index (κ3) is 1.95. The van der Waals surface area contributed by atoms with Crippen molar-refractivity contribution in [3.05, 3.63) is 71.5 Å². The van der Waals surface area contributed by atoms with Gasteiger partial charge < -0.3 is 5.73 Å². The number of fused-ring (bicyclic) bond motifs is 2. The van der Waals surface area contributed by atoms with E-state index in [0.717, 1.165) is 29.4 Å². The van der Waals surface area contributed by atoms with E-state index in [9.17, 15) is 4.39 Å². The molecule has 0 spiro atoms. The van der Waals surface area contributed by atoms with Gasteiger partial charge in [0.1, 0.15) is 5.82 Å². The lowest BCUT2D eigenvalue weighted by Crippen LogP contribution is -2.04. The summed E-state index contributed by atoms with van der Waals surface area (Å²) in [5.74, 6) is -0.169. The van der Waals surface area contributed by atoms with E-state index < -0.39 is 0 Å². The van der Waals surface area contributed by atoms with E-state index >= 15 is 0 Å². The van der Waals surface area contributed by atoms with Crippen LogP contribution in [0.15, 0.2) is 54.6 Å². The van der Waals surface area contributed by atoms with Crippen LogP contribution in [-0.4, -0.2) is 0 Å². The second-order valence-corrected chi connectivity index (χ2v) is 5.70. The molecule has 1 aliphatic rings. The summed E-state index contributed by atoms with van der Waals surface area (Å²) in [7, 11) is 0. The van der Waals surface area contributed by atoms with Crippen LogP contribution in [0.1, 0.15) is 23.6 Å². The van der Waals surface area contributed by atoms with Gasteiger partial charge in [0.05, 0.1) is 0 Å². The molecule has 0 heterocycles. The molecule has 0 saturated carbocycles.